The van der Waals surface area contributed by atoms with Crippen molar-refractivity contribution in [1.29, 1.82) is 0 Å². The average Bonchev–Trinajstić information content (AvgIpc) is 3.02. The molecule has 1 aliphatic heterocycles. The maximum absolute atomic E-state index is 12.6. The fourth-order valence-corrected chi connectivity index (χ4v) is 3.81. The minimum atomic E-state index is -0.00934. The number of amides is 1. The number of hydrogen-bond acceptors (Lipinski definition) is 3. The molecule has 1 aromatic carbocycles. The number of fused-ring (bicyclic) bond motifs is 1. The molecule has 1 saturated carbocycles. The van der Waals surface area contributed by atoms with E-state index in [1.807, 2.05) is 32.3 Å². The molecule has 0 aromatic heterocycles. The molecule has 4 heteroatoms. The fraction of sp³-hybridized carbons (Fsp3) is 0.588. The van der Waals surface area contributed by atoms with Crippen molar-refractivity contribution < 1.29 is 4.79 Å². The fourth-order valence-electron chi connectivity index (χ4n) is 3.81. The monoisotopic (exact) mass is 287 g/mol. The van der Waals surface area contributed by atoms with Gasteiger partial charge in [-0.2, -0.15) is 0 Å². The molecule has 0 radical (unpaired) electrons. The highest BCUT2D eigenvalue weighted by atomic mass is 16.2. The maximum atomic E-state index is 12.6. The van der Waals surface area contributed by atoms with Crippen LogP contribution in [0.3, 0.4) is 0 Å². The highest BCUT2D eigenvalue weighted by Gasteiger charge is 2.42. The quantitative estimate of drug-likeness (QED) is 0.891. The topological polar surface area (TPSA) is 44.4 Å². The Hall–Kier alpha value is -1.39. The average molecular weight is 287 g/mol. The zero-order valence-corrected chi connectivity index (χ0v) is 12.9. The van der Waals surface area contributed by atoms with E-state index in [4.69, 9.17) is 0 Å². The number of benzene rings is 1. The van der Waals surface area contributed by atoms with Crippen molar-refractivity contribution in [2.75, 3.05) is 26.0 Å². The van der Waals surface area contributed by atoms with Crippen molar-refractivity contribution in [2.45, 2.75) is 31.8 Å². The Morgan fingerprint density at radius 3 is 2.95 bits per heavy atom. The SMILES string of the molecule is CN(C)Cc1ccccc1NC(=O)C1NCC2CCCC21. The molecular formula is C17H25N3O. The van der Waals surface area contributed by atoms with Crippen LogP contribution in [0.4, 0.5) is 5.69 Å². The molecule has 4 nitrogen and oxygen atoms in total. The van der Waals surface area contributed by atoms with Crippen molar-refractivity contribution in [2.24, 2.45) is 11.8 Å². The highest BCUT2D eigenvalue weighted by Crippen LogP contribution is 2.38. The summed E-state index contributed by atoms with van der Waals surface area (Å²) in [6.07, 6.45) is 3.74. The number of hydrogen-bond donors (Lipinski definition) is 2. The first kappa shape index (κ1) is 14.5. The van der Waals surface area contributed by atoms with Gasteiger partial charge in [-0.15, -0.1) is 0 Å². The predicted molar refractivity (Wildman–Crippen MR) is 85.1 cm³/mol. The Labute approximate surface area is 126 Å². The second-order valence-electron chi connectivity index (χ2n) is 6.62. The van der Waals surface area contributed by atoms with Gasteiger partial charge in [0.05, 0.1) is 6.04 Å². The van der Waals surface area contributed by atoms with Gasteiger partial charge >= 0.3 is 0 Å². The van der Waals surface area contributed by atoms with Gasteiger partial charge in [-0.1, -0.05) is 24.6 Å². The van der Waals surface area contributed by atoms with Gasteiger partial charge in [0.15, 0.2) is 0 Å². The predicted octanol–water partition coefficient (Wildman–Crippen LogP) is 2.07. The lowest BCUT2D eigenvalue weighted by atomic mass is 9.93. The summed E-state index contributed by atoms with van der Waals surface area (Å²) in [6, 6.07) is 8.07. The second kappa shape index (κ2) is 6.16. The van der Waals surface area contributed by atoms with Gasteiger partial charge in [0.2, 0.25) is 5.91 Å². The van der Waals surface area contributed by atoms with Crippen molar-refractivity contribution in [3.8, 4) is 0 Å². The molecule has 114 valence electrons. The van der Waals surface area contributed by atoms with Crippen LogP contribution in [-0.4, -0.2) is 37.5 Å². The van der Waals surface area contributed by atoms with Gasteiger partial charge in [0.1, 0.15) is 0 Å². The first-order valence-corrected chi connectivity index (χ1v) is 7.92. The van der Waals surface area contributed by atoms with Crippen LogP contribution < -0.4 is 10.6 Å². The van der Waals surface area contributed by atoms with Crippen molar-refractivity contribution in [3.63, 3.8) is 0 Å². The van der Waals surface area contributed by atoms with Crippen LogP contribution in [0, 0.1) is 11.8 Å². The molecule has 1 heterocycles. The minimum Gasteiger partial charge on any atom is -0.324 e. The molecule has 1 aliphatic carbocycles. The van der Waals surface area contributed by atoms with E-state index < -0.39 is 0 Å². The molecule has 3 unspecified atom stereocenters. The molecule has 0 spiro atoms. The summed E-state index contributed by atoms with van der Waals surface area (Å²) in [5, 5.41) is 6.56. The molecule has 1 aromatic rings. The Bertz CT molecular complexity index is 515. The zero-order valence-electron chi connectivity index (χ0n) is 12.9. The minimum absolute atomic E-state index is 0.00934. The van der Waals surface area contributed by atoms with Gasteiger partial charge in [-0.05, 0) is 56.9 Å². The van der Waals surface area contributed by atoms with Crippen LogP contribution in [0.5, 0.6) is 0 Å². The van der Waals surface area contributed by atoms with Crippen LogP contribution in [0.15, 0.2) is 24.3 Å². The number of anilines is 1. The van der Waals surface area contributed by atoms with Crippen molar-refractivity contribution >= 4 is 11.6 Å². The van der Waals surface area contributed by atoms with Gasteiger partial charge in [0.25, 0.3) is 0 Å². The molecule has 21 heavy (non-hydrogen) atoms. The molecule has 3 rings (SSSR count). The Kier molecular flexibility index (Phi) is 4.27. The van der Waals surface area contributed by atoms with Crippen LogP contribution in [0.1, 0.15) is 24.8 Å². The lowest BCUT2D eigenvalue weighted by molar-refractivity contribution is -0.118. The number of nitrogens with zero attached hydrogens (tertiary/aromatic N) is 1. The molecule has 1 saturated heterocycles. The van der Waals surface area contributed by atoms with E-state index in [-0.39, 0.29) is 11.9 Å². The number of rotatable bonds is 4. The van der Waals surface area contributed by atoms with Crippen molar-refractivity contribution in [3.05, 3.63) is 29.8 Å². The zero-order chi connectivity index (χ0) is 14.8. The van der Waals surface area contributed by atoms with Crippen LogP contribution in [0.25, 0.3) is 0 Å². The standard InChI is InChI=1S/C17H25N3O/c1-20(2)11-13-6-3-4-9-15(13)19-17(21)16-14-8-5-7-12(14)10-18-16/h3-4,6,9,12,14,16,18H,5,7-8,10-11H2,1-2H3,(H,19,21). The first-order chi connectivity index (χ1) is 10.1. The highest BCUT2D eigenvalue weighted by molar-refractivity contribution is 5.96. The van der Waals surface area contributed by atoms with E-state index in [0.29, 0.717) is 11.8 Å². The molecule has 2 N–H and O–H groups in total. The summed E-state index contributed by atoms with van der Waals surface area (Å²) in [5.41, 5.74) is 2.11. The third kappa shape index (κ3) is 3.11. The van der Waals surface area contributed by atoms with Gasteiger partial charge in [-0.25, -0.2) is 0 Å². The van der Waals surface area contributed by atoms with E-state index in [1.54, 1.807) is 0 Å². The lowest BCUT2D eigenvalue weighted by Gasteiger charge is -2.20. The molecular weight excluding hydrogens is 262 g/mol. The summed E-state index contributed by atoms with van der Waals surface area (Å²) in [4.78, 5) is 14.7. The third-order valence-corrected chi connectivity index (χ3v) is 4.79. The lowest BCUT2D eigenvalue weighted by Crippen LogP contribution is -2.40. The number of carbonyl (C=O) groups excluding carboxylic acids is 1. The molecule has 2 aliphatic rings. The second-order valence-corrected chi connectivity index (χ2v) is 6.62. The Morgan fingerprint density at radius 2 is 2.14 bits per heavy atom. The summed E-state index contributed by atoms with van der Waals surface area (Å²) >= 11 is 0. The maximum Gasteiger partial charge on any atom is 0.241 e. The summed E-state index contributed by atoms with van der Waals surface area (Å²) in [7, 11) is 4.08. The van der Waals surface area contributed by atoms with Crippen molar-refractivity contribution in [1.82, 2.24) is 10.2 Å². The normalized spacial score (nSPS) is 27.9. The molecule has 1 amide bonds. The Balaban J connectivity index is 1.70. The number of para-hydroxylation sites is 1. The molecule has 0 bridgehead atoms. The third-order valence-electron chi connectivity index (χ3n) is 4.79. The van der Waals surface area contributed by atoms with Gasteiger partial charge in [0, 0.05) is 12.2 Å². The summed E-state index contributed by atoms with van der Waals surface area (Å²) in [5.74, 6) is 1.37. The first-order valence-electron chi connectivity index (χ1n) is 7.92. The molecule has 3 atom stereocenters. The smallest absolute Gasteiger partial charge is 0.241 e. The van der Waals surface area contributed by atoms with Crippen LogP contribution in [-0.2, 0) is 11.3 Å². The van der Waals surface area contributed by atoms with E-state index in [0.717, 1.165) is 24.3 Å². The van der Waals surface area contributed by atoms with E-state index in [2.05, 4.69) is 21.6 Å². The number of carbonyl (C=O) groups is 1. The van der Waals surface area contributed by atoms with E-state index in [9.17, 15) is 4.79 Å². The Morgan fingerprint density at radius 1 is 1.33 bits per heavy atom. The van der Waals surface area contributed by atoms with E-state index in [1.165, 1.54) is 19.3 Å². The summed E-state index contributed by atoms with van der Waals surface area (Å²) in [6.45, 7) is 1.84. The van der Waals surface area contributed by atoms with E-state index >= 15 is 0 Å². The van der Waals surface area contributed by atoms with Crippen LogP contribution >= 0.6 is 0 Å². The van der Waals surface area contributed by atoms with Crippen LogP contribution in [0.2, 0.25) is 0 Å². The summed E-state index contributed by atoms with van der Waals surface area (Å²) < 4.78 is 0. The van der Waals surface area contributed by atoms with Gasteiger partial charge in [-0.3, -0.25) is 4.79 Å². The number of nitrogens with one attached hydrogen (secondary N) is 2. The largest absolute Gasteiger partial charge is 0.324 e. The molecule has 2 fully saturated rings. The van der Waals surface area contributed by atoms with Gasteiger partial charge < -0.3 is 15.5 Å².